The first kappa shape index (κ1) is 14.0. The van der Waals surface area contributed by atoms with E-state index in [1.807, 2.05) is 12.1 Å². The minimum absolute atomic E-state index is 0.455. The van der Waals surface area contributed by atoms with Gasteiger partial charge in [0.25, 0.3) is 0 Å². The normalized spacial score (nSPS) is 21.8. The summed E-state index contributed by atoms with van der Waals surface area (Å²) in [6.45, 7) is 5.13. The fourth-order valence-electron chi connectivity index (χ4n) is 2.78. The Balaban J connectivity index is 1.92. The van der Waals surface area contributed by atoms with Crippen molar-refractivity contribution in [1.82, 2.24) is 4.90 Å². The predicted octanol–water partition coefficient (Wildman–Crippen LogP) is 2.71. The molecule has 2 unspecified atom stereocenters. The minimum atomic E-state index is -0.455. The highest BCUT2D eigenvalue weighted by molar-refractivity contribution is 5.32. The van der Waals surface area contributed by atoms with Crippen LogP contribution in [0.4, 0.5) is 0 Å². The van der Waals surface area contributed by atoms with Crippen LogP contribution in [0.25, 0.3) is 0 Å². The molecular weight excluding hydrogens is 236 g/mol. The van der Waals surface area contributed by atoms with Crippen LogP contribution >= 0.6 is 0 Å². The zero-order valence-corrected chi connectivity index (χ0v) is 11.5. The van der Waals surface area contributed by atoms with Gasteiger partial charge in [0.2, 0.25) is 0 Å². The highest BCUT2D eigenvalue weighted by Crippen LogP contribution is 2.22. The van der Waals surface area contributed by atoms with E-state index in [1.54, 1.807) is 12.1 Å². The van der Waals surface area contributed by atoms with Gasteiger partial charge in [-0.2, -0.15) is 5.26 Å². The SMILES string of the molecule is CCC1CCCN(CC(O)c2ccc(C#N)cc2)C1. The summed E-state index contributed by atoms with van der Waals surface area (Å²) >= 11 is 0. The van der Waals surface area contributed by atoms with Gasteiger partial charge in [0.1, 0.15) is 0 Å². The first-order valence-corrected chi connectivity index (χ1v) is 7.13. The lowest BCUT2D eigenvalue weighted by atomic mass is 9.95. The molecule has 1 heterocycles. The van der Waals surface area contributed by atoms with E-state index in [0.29, 0.717) is 12.1 Å². The molecule has 0 aliphatic carbocycles. The first-order valence-electron chi connectivity index (χ1n) is 7.13. The van der Waals surface area contributed by atoms with E-state index in [0.717, 1.165) is 24.6 Å². The number of aliphatic hydroxyl groups excluding tert-OH is 1. The van der Waals surface area contributed by atoms with Crippen LogP contribution in [0.15, 0.2) is 24.3 Å². The number of aliphatic hydroxyl groups is 1. The second-order valence-electron chi connectivity index (χ2n) is 5.43. The lowest BCUT2D eigenvalue weighted by molar-refractivity contribution is 0.0836. The minimum Gasteiger partial charge on any atom is -0.387 e. The van der Waals surface area contributed by atoms with E-state index in [2.05, 4.69) is 17.9 Å². The van der Waals surface area contributed by atoms with Crippen LogP contribution in [0.5, 0.6) is 0 Å². The molecule has 1 fully saturated rings. The summed E-state index contributed by atoms with van der Waals surface area (Å²) in [5, 5.41) is 19.0. The van der Waals surface area contributed by atoms with Crippen LogP contribution in [0.1, 0.15) is 43.4 Å². The van der Waals surface area contributed by atoms with E-state index in [-0.39, 0.29) is 0 Å². The topological polar surface area (TPSA) is 47.3 Å². The molecule has 0 amide bonds. The molecule has 0 saturated carbocycles. The Labute approximate surface area is 115 Å². The van der Waals surface area contributed by atoms with Crippen LogP contribution in [-0.4, -0.2) is 29.6 Å². The van der Waals surface area contributed by atoms with Crippen LogP contribution in [0, 0.1) is 17.2 Å². The Morgan fingerprint density at radius 2 is 2.16 bits per heavy atom. The molecule has 0 spiro atoms. The van der Waals surface area contributed by atoms with Gasteiger partial charge in [0, 0.05) is 13.1 Å². The number of benzene rings is 1. The lowest BCUT2D eigenvalue weighted by Crippen LogP contribution is -2.37. The van der Waals surface area contributed by atoms with E-state index in [4.69, 9.17) is 5.26 Å². The molecule has 0 bridgehead atoms. The maximum atomic E-state index is 10.3. The van der Waals surface area contributed by atoms with Gasteiger partial charge >= 0.3 is 0 Å². The van der Waals surface area contributed by atoms with Gasteiger partial charge in [-0.15, -0.1) is 0 Å². The molecule has 1 aliphatic heterocycles. The van der Waals surface area contributed by atoms with Crippen LogP contribution in [0.2, 0.25) is 0 Å². The number of nitriles is 1. The van der Waals surface area contributed by atoms with Crippen molar-refractivity contribution in [3.05, 3.63) is 35.4 Å². The molecule has 0 aromatic heterocycles. The number of β-amino-alcohol motifs (C(OH)–C–C–N with tert-alkyl or cyclic N) is 1. The van der Waals surface area contributed by atoms with E-state index >= 15 is 0 Å². The standard InChI is InChI=1S/C16H22N2O/c1-2-13-4-3-9-18(11-13)12-16(19)15-7-5-14(10-17)6-8-15/h5-8,13,16,19H,2-4,9,11-12H2,1H3. The van der Waals surface area contributed by atoms with E-state index in [1.165, 1.54) is 19.3 Å². The molecular formula is C16H22N2O. The van der Waals surface area contributed by atoms with Gasteiger partial charge in [-0.1, -0.05) is 25.5 Å². The summed E-state index contributed by atoms with van der Waals surface area (Å²) in [6.07, 6.45) is 3.32. The van der Waals surface area contributed by atoms with Gasteiger partial charge < -0.3 is 10.0 Å². The largest absolute Gasteiger partial charge is 0.387 e. The lowest BCUT2D eigenvalue weighted by Gasteiger charge is -2.33. The Kier molecular flexibility index (Phi) is 4.95. The summed E-state index contributed by atoms with van der Waals surface area (Å²) < 4.78 is 0. The number of hydrogen-bond donors (Lipinski definition) is 1. The maximum absolute atomic E-state index is 10.3. The average Bonchev–Trinajstić information content (AvgIpc) is 2.47. The highest BCUT2D eigenvalue weighted by Gasteiger charge is 2.21. The third-order valence-electron chi connectivity index (χ3n) is 4.04. The summed E-state index contributed by atoms with van der Waals surface area (Å²) in [5.74, 6) is 0.780. The van der Waals surface area contributed by atoms with Crippen molar-refractivity contribution in [3.8, 4) is 6.07 Å². The molecule has 1 saturated heterocycles. The zero-order chi connectivity index (χ0) is 13.7. The number of rotatable bonds is 4. The fourth-order valence-corrected chi connectivity index (χ4v) is 2.78. The third-order valence-corrected chi connectivity index (χ3v) is 4.04. The first-order chi connectivity index (χ1) is 9.22. The monoisotopic (exact) mass is 258 g/mol. The average molecular weight is 258 g/mol. The van der Waals surface area contributed by atoms with E-state index in [9.17, 15) is 5.11 Å². The quantitative estimate of drug-likeness (QED) is 0.903. The molecule has 102 valence electrons. The van der Waals surface area contributed by atoms with Crippen LogP contribution < -0.4 is 0 Å². The molecule has 1 N–H and O–H groups in total. The molecule has 1 aliphatic rings. The number of likely N-dealkylation sites (tertiary alicyclic amines) is 1. The second kappa shape index (κ2) is 6.70. The number of hydrogen-bond acceptors (Lipinski definition) is 3. The molecule has 19 heavy (non-hydrogen) atoms. The van der Waals surface area contributed by atoms with Gasteiger partial charge in [0.15, 0.2) is 0 Å². The van der Waals surface area contributed by atoms with Gasteiger partial charge in [-0.05, 0) is 43.0 Å². The highest BCUT2D eigenvalue weighted by atomic mass is 16.3. The number of nitrogens with zero attached hydrogens (tertiary/aromatic N) is 2. The van der Waals surface area contributed by atoms with E-state index < -0.39 is 6.10 Å². The van der Waals surface area contributed by atoms with Crippen molar-refractivity contribution in [2.75, 3.05) is 19.6 Å². The molecule has 3 nitrogen and oxygen atoms in total. The van der Waals surface area contributed by atoms with Crippen LogP contribution in [0.3, 0.4) is 0 Å². The van der Waals surface area contributed by atoms with Crippen LogP contribution in [-0.2, 0) is 0 Å². The third kappa shape index (κ3) is 3.79. The van der Waals surface area contributed by atoms with Crippen molar-refractivity contribution < 1.29 is 5.11 Å². The zero-order valence-electron chi connectivity index (χ0n) is 11.5. The molecule has 1 aromatic carbocycles. The van der Waals surface area contributed by atoms with Crippen molar-refractivity contribution in [2.24, 2.45) is 5.92 Å². The Hall–Kier alpha value is -1.37. The summed E-state index contributed by atoms with van der Waals surface area (Å²) in [7, 11) is 0. The maximum Gasteiger partial charge on any atom is 0.0991 e. The molecule has 0 radical (unpaired) electrons. The Morgan fingerprint density at radius 3 is 2.79 bits per heavy atom. The summed E-state index contributed by atoms with van der Waals surface area (Å²) in [4.78, 5) is 2.36. The van der Waals surface area contributed by atoms with Crippen molar-refractivity contribution in [2.45, 2.75) is 32.3 Å². The predicted molar refractivity (Wildman–Crippen MR) is 75.6 cm³/mol. The van der Waals surface area contributed by atoms with Gasteiger partial charge in [0.05, 0.1) is 17.7 Å². The molecule has 2 rings (SSSR count). The summed E-state index contributed by atoms with van der Waals surface area (Å²) in [5.41, 5.74) is 1.54. The molecule has 3 heteroatoms. The summed E-state index contributed by atoms with van der Waals surface area (Å²) in [6, 6.07) is 9.33. The van der Waals surface area contributed by atoms with Crippen molar-refractivity contribution >= 4 is 0 Å². The van der Waals surface area contributed by atoms with Crippen molar-refractivity contribution in [3.63, 3.8) is 0 Å². The Bertz CT molecular complexity index is 435. The van der Waals surface area contributed by atoms with Gasteiger partial charge in [-0.3, -0.25) is 0 Å². The van der Waals surface area contributed by atoms with Gasteiger partial charge in [-0.25, -0.2) is 0 Å². The molecule has 2 atom stereocenters. The van der Waals surface area contributed by atoms with Crippen molar-refractivity contribution in [1.29, 1.82) is 5.26 Å². The second-order valence-corrected chi connectivity index (χ2v) is 5.43. The fraction of sp³-hybridized carbons (Fsp3) is 0.562. The smallest absolute Gasteiger partial charge is 0.0991 e. The number of piperidine rings is 1. The molecule has 1 aromatic rings. The Morgan fingerprint density at radius 1 is 1.42 bits per heavy atom.